The maximum Gasteiger partial charge on any atom is 0.235 e. The average Bonchev–Trinajstić information content (AvgIpc) is 2.58. The molecule has 2 rings (SSSR count). The number of benzene rings is 1. The minimum Gasteiger partial charge on any atom is -0.485 e. The van der Waals surface area contributed by atoms with Crippen molar-refractivity contribution in [1.29, 1.82) is 0 Å². The molecule has 1 aliphatic rings. The Bertz CT molecular complexity index is 424. The summed E-state index contributed by atoms with van der Waals surface area (Å²) in [6.07, 6.45) is -0.293. The molecule has 3 nitrogen and oxygen atoms in total. The Balaban J connectivity index is 2.29. The Kier molecular flexibility index (Phi) is 3.01. The maximum absolute atomic E-state index is 13.4. The smallest absolute Gasteiger partial charge is 0.235 e. The van der Waals surface area contributed by atoms with Gasteiger partial charge in [0, 0.05) is 5.56 Å². The van der Waals surface area contributed by atoms with Gasteiger partial charge in [0.2, 0.25) is 5.91 Å². The number of nitrogens with one attached hydrogen (secondary N) is 1. The first kappa shape index (κ1) is 11.2. The maximum atomic E-state index is 13.4. The number of ether oxygens (including phenoxy) is 1. The van der Waals surface area contributed by atoms with Crippen LogP contribution in [0.15, 0.2) is 18.2 Å². The number of carbonyl (C=O) groups is 1. The van der Waals surface area contributed by atoms with E-state index in [0.717, 1.165) is 0 Å². The molecule has 0 radical (unpaired) electrons. The van der Waals surface area contributed by atoms with E-state index in [1.54, 1.807) is 19.1 Å². The molecule has 2 unspecified atom stereocenters. The molecule has 0 saturated carbocycles. The highest BCUT2D eigenvalue weighted by molar-refractivity contribution is 6.27. The topological polar surface area (TPSA) is 38.3 Å². The molecule has 1 amide bonds. The average molecular weight is 244 g/mol. The largest absolute Gasteiger partial charge is 0.485 e. The summed E-state index contributed by atoms with van der Waals surface area (Å²) in [4.78, 5) is 11.2. The van der Waals surface area contributed by atoms with E-state index < -0.39 is 5.82 Å². The van der Waals surface area contributed by atoms with Crippen molar-refractivity contribution in [3.8, 4) is 5.75 Å². The lowest BCUT2D eigenvalue weighted by molar-refractivity contribution is -0.119. The number of hydrogen-bond acceptors (Lipinski definition) is 2. The van der Waals surface area contributed by atoms with E-state index in [2.05, 4.69) is 5.32 Å². The van der Waals surface area contributed by atoms with Crippen LogP contribution in [-0.2, 0) is 4.79 Å². The van der Waals surface area contributed by atoms with Crippen LogP contribution in [0.1, 0.15) is 18.5 Å². The SMILES string of the molecule is CC1Oc2c(F)cccc2C1NC(=O)CCl. The molecule has 1 N–H and O–H groups in total. The molecule has 0 aliphatic carbocycles. The van der Waals surface area contributed by atoms with Gasteiger partial charge in [-0.15, -0.1) is 11.6 Å². The van der Waals surface area contributed by atoms with Crippen molar-refractivity contribution in [1.82, 2.24) is 5.32 Å². The van der Waals surface area contributed by atoms with Gasteiger partial charge in [-0.25, -0.2) is 4.39 Å². The molecule has 86 valence electrons. The van der Waals surface area contributed by atoms with E-state index in [1.807, 2.05) is 0 Å². The highest BCUT2D eigenvalue weighted by Crippen LogP contribution is 2.38. The van der Waals surface area contributed by atoms with Gasteiger partial charge in [-0.1, -0.05) is 12.1 Å². The summed E-state index contributed by atoms with van der Waals surface area (Å²) in [7, 11) is 0. The fraction of sp³-hybridized carbons (Fsp3) is 0.364. The van der Waals surface area contributed by atoms with Crippen molar-refractivity contribution in [3.05, 3.63) is 29.6 Å². The molecule has 0 aromatic heterocycles. The van der Waals surface area contributed by atoms with E-state index >= 15 is 0 Å². The minimum absolute atomic E-state index is 0.117. The molecule has 2 atom stereocenters. The Hall–Kier alpha value is -1.29. The molecular weight excluding hydrogens is 233 g/mol. The number of amides is 1. The second-order valence-corrected chi connectivity index (χ2v) is 3.93. The van der Waals surface area contributed by atoms with Crippen molar-refractivity contribution < 1.29 is 13.9 Å². The number of fused-ring (bicyclic) bond motifs is 1. The van der Waals surface area contributed by atoms with E-state index in [0.29, 0.717) is 5.56 Å². The quantitative estimate of drug-likeness (QED) is 0.807. The molecule has 1 aromatic carbocycles. The van der Waals surface area contributed by atoms with Crippen molar-refractivity contribution in [3.63, 3.8) is 0 Å². The molecule has 0 spiro atoms. The van der Waals surface area contributed by atoms with Crippen LogP contribution in [0.4, 0.5) is 4.39 Å². The zero-order valence-electron chi connectivity index (χ0n) is 8.67. The van der Waals surface area contributed by atoms with Crippen molar-refractivity contribution in [2.24, 2.45) is 0 Å². The molecule has 1 heterocycles. The Labute approximate surface area is 97.5 Å². The Morgan fingerprint density at radius 2 is 2.38 bits per heavy atom. The number of alkyl halides is 1. The van der Waals surface area contributed by atoms with E-state index in [4.69, 9.17) is 16.3 Å². The molecule has 5 heteroatoms. The van der Waals surface area contributed by atoms with Gasteiger partial charge in [0.25, 0.3) is 0 Å². The first-order valence-corrected chi connectivity index (χ1v) is 5.47. The predicted octanol–water partition coefficient (Wildman–Crippen LogP) is 2.00. The van der Waals surface area contributed by atoms with Crippen LogP contribution in [0.3, 0.4) is 0 Å². The third-order valence-electron chi connectivity index (χ3n) is 2.54. The van der Waals surface area contributed by atoms with Gasteiger partial charge in [0.05, 0.1) is 6.04 Å². The first-order valence-electron chi connectivity index (χ1n) is 4.94. The molecule has 16 heavy (non-hydrogen) atoms. The van der Waals surface area contributed by atoms with E-state index in [1.165, 1.54) is 6.07 Å². The zero-order chi connectivity index (χ0) is 11.7. The van der Waals surface area contributed by atoms with E-state index in [9.17, 15) is 9.18 Å². The van der Waals surface area contributed by atoms with Crippen LogP contribution >= 0.6 is 11.6 Å². The summed E-state index contributed by atoms with van der Waals surface area (Å²) in [5, 5.41) is 2.70. The number of hydrogen-bond donors (Lipinski definition) is 1. The van der Waals surface area contributed by atoms with Crippen LogP contribution in [0, 0.1) is 5.82 Å². The third kappa shape index (κ3) is 1.85. The zero-order valence-corrected chi connectivity index (χ0v) is 9.42. The van der Waals surface area contributed by atoms with Crippen LogP contribution in [0.25, 0.3) is 0 Å². The number of rotatable bonds is 2. The molecule has 0 saturated heterocycles. The summed E-state index contributed by atoms with van der Waals surface area (Å²) < 4.78 is 18.8. The second-order valence-electron chi connectivity index (χ2n) is 3.66. The fourth-order valence-electron chi connectivity index (χ4n) is 1.81. The third-order valence-corrected chi connectivity index (χ3v) is 2.79. The van der Waals surface area contributed by atoms with Gasteiger partial charge in [0.1, 0.15) is 12.0 Å². The van der Waals surface area contributed by atoms with Crippen LogP contribution in [0.5, 0.6) is 5.75 Å². The number of carbonyl (C=O) groups excluding carboxylic acids is 1. The van der Waals surface area contributed by atoms with Gasteiger partial charge in [-0.2, -0.15) is 0 Å². The molecule has 0 fully saturated rings. The lowest BCUT2D eigenvalue weighted by Crippen LogP contribution is -2.34. The fourth-order valence-corrected chi connectivity index (χ4v) is 1.89. The normalized spacial score (nSPS) is 22.4. The first-order chi connectivity index (χ1) is 7.63. The highest BCUT2D eigenvalue weighted by atomic mass is 35.5. The standard InChI is InChI=1S/C11H11ClFNO2/c1-6-10(14-9(15)5-12)7-3-2-4-8(13)11(7)16-6/h2-4,6,10H,5H2,1H3,(H,14,15). The van der Waals surface area contributed by atoms with Crippen LogP contribution in [0.2, 0.25) is 0 Å². The number of para-hydroxylation sites is 1. The van der Waals surface area contributed by atoms with Gasteiger partial charge in [-0.3, -0.25) is 4.79 Å². The molecule has 0 bridgehead atoms. The van der Waals surface area contributed by atoms with Gasteiger partial charge >= 0.3 is 0 Å². The van der Waals surface area contributed by atoms with Crippen molar-refractivity contribution >= 4 is 17.5 Å². The lowest BCUT2D eigenvalue weighted by Gasteiger charge is -2.15. The Morgan fingerprint density at radius 1 is 1.62 bits per heavy atom. The lowest BCUT2D eigenvalue weighted by atomic mass is 10.0. The van der Waals surface area contributed by atoms with Crippen LogP contribution < -0.4 is 10.1 Å². The number of halogens is 2. The van der Waals surface area contributed by atoms with Gasteiger partial charge in [-0.05, 0) is 13.0 Å². The summed E-state index contributed by atoms with van der Waals surface area (Å²) in [5.41, 5.74) is 0.658. The van der Waals surface area contributed by atoms with E-state index in [-0.39, 0.29) is 29.7 Å². The summed E-state index contributed by atoms with van der Waals surface area (Å²) in [6, 6.07) is 4.32. The predicted molar refractivity (Wildman–Crippen MR) is 58.1 cm³/mol. The Morgan fingerprint density at radius 3 is 3.06 bits per heavy atom. The molecule has 1 aromatic rings. The van der Waals surface area contributed by atoms with Gasteiger partial charge < -0.3 is 10.1 Å². The molecular formula is C11H11ClFNO2. The van der Waals surface area contributed by atoms with Gasteiger partial charge in [0.15, 0.2) is 11.6 Å². The monoisotopic (exact) mass is 243 g/mol. The molecule has 1 aliphatic heterocycles. The summed E-state index contributed by atoms with van der Waals surface area (Å²) in [5.74, 6) is -0.602. The van der Waals surface area contributed by atoms with Crippen molar-refractivity contribution in [2.75, 3.05) is 5.88 Å². The summed E-state index contributed by atoms with van der Waals surface area (Å²) >= 11 is 5.41. The minimum atomic E-state index is -0.410. The van der Waals surface area contributed by atoms with Crippen LogP contribution in [-0.4, -0.2) is 17.9 Å². The van der Waals surface area contributed by atoms with Crippen molar-refractivity contribution in [2.45, 2.75) is 19.1 Å². The summed E-state index contributed by atoms with van der Waals surface area (Å²) in [6.45, 7) is 1.78. The second kappa shape index (κ2) is 4.29. The highest BCUT2D eigenvalue weighted by Gasteiger charge is 2.33.